The number of hydrogen-bond donors (Lipinski definition) is 1. The fourth-order valence-corrected chi connectivity index (χ4v) is 5.49. The summed E-state index contributed by atoms with van der Waals surface area (Å²) < 4.78 is 25.5. The Morgan fingerprint density at radius 1 is 0.750 bits per heavy atom. The topological polar surface area (TPSA) is 97.7 Å². The maximum absolute atomic E-state index is 13.4. The molecule has 0 radical (unpaired) electrons. The summed E-state index contributed by atoms with van der Waals surface area (Å²) in [5.74, 6) is -2.90. The van der Waals surface area contributed by atoms with Crippen molar-refractivity contribution in [2.45, 2.75) is 119 Å². The average molecular weight is 543 g/mol. The number of allylic oxidation sites excluding steroid dienone is 2. The van der Waals surface area contributed by atoms with E-state index in [1.165, 1.54) is 58.8 Å². The fourth-order valence-electron chi connectivity index (χ4n) is 4.99. The standard InChI is InChI=1S/C29H50O4.H2O.O.Ti/c1-21(2)19-17-15-13-11-9-10-12-14-16-18-20-25(22(3)4)29(28(32)33,26(30)23(5)6)27(31)24(7)8;;;/h21-22,25H,5,7,9-20H2,1-4,6,8H3,(H,32,33);1H2;;/q;;;+2/p-2. The quantitative estimate of drug-likeness (QED) is 0.0713. The van der Waals surface area contributed by atoms with Gasteiger partial charge in [0.25, 0.3) is 0 Å². The van der Waals surface area contributed by atoms with Crippen molar-refractivity contribution in [2.24, 2.45) is 23.2 Å². The van der Waals surface area contributed by atoms with Gasteiger partial charge in [-0.1, -0.05) is 39.5 Å². The molecule has 206 valence electrons. The van der Waals surface area contributed by atoms with Crippen LogP contribution in [0.2, 0.25) is 0 Å². The molecular weight excluding hydrogens is 492 g/mol. The molecule has 0 bridgehead atoms. The number of carbonyl (C=O) groups excluding carboxylic acids is 3. The third-order valence-corrected chi connectivity index (χ3v) is 7.46. The van der Waals surface area contributed by atoms with Crippen LogP contribution in [0.5, 0.6) is 0 Å². The summed E-state index contributed by atoms with van der Waals surface area (Å²) in [6.07, 6.45) is 13.3. The predicted octanol–water partition coefficient (Wildman–Crippen LogP) is 7.20. The van der Waals surface area contributed by atoms with Gasteiger partial charge in [-0.05, 0) is 5.92 Å². The van der Waals surface area contributed by atoms with Crippen molar-refractivity contribution in [3.8, 4) is 0 Å². The Morgan fingerprint density at radius 2 is 1.11 bits per heavy atom. The van der Waals surface area contributed by atoms with Crippen LogP contribution in [0.15, 0.2) is 24.3 Å². The van der Waals surface area contributed by atoms with E-state index in [0.717, 1.165) is 31.6 Å². The number of ketones is 2. The van der Waals surface area contributed by atoms with Crippen LogP contribution < -0.4 is 0 Å². The summed E-state index contributed by atoms with van der Waals surface area (Å²) in [5.41, 5.74) is -2.17. The van der Waals surface area contributed by atoms with Crippen molar-refractivity contribution in [3.63, 3.8) is 0 Å². The van der Waals surface area contributed by atoms with Gasteiger partial charge >= 0.3 is 181 Å². The Hall–Kier alpha value is -1.24. The molecule has 7 heteroatoms. The van der Waals surface area contributed by atoms with Crippen LogP contribution in [0.3, 0.4) is 0 Å². The molecule has 1 atom stereocenters. The number of hydrogen-bond acceptors (Lipinski definition) is 5. The van der Waals surface area contributed by atoms with E-state index < -0.39 is 47.5 Å². The number of Topliss-reactive ketones (excluding diaryl/α,β-unsaturated/α-hetero) is 2. The maximum atomic E-state index is 13.4. The Kier molecular flexibility index (Phi) is 17.5. The molecule has 0 aliphatic rings. The third kappa shape index (κ3) is 11.4. The van der Waals surface area contributed by atoms with Crippen molar-refractivity contribution in [2.75, 3.05) is 0 Å². The van der Waals surface area contributed by atoms with Gasteiger partial charge in [0, 0.05) is 0 Å². The summed E-state index contributed by atoms with van der Waals surface area (Å²) in [6, 6.07) is 0. The summed E-state index contributed by atoms with van der Waals surface area (Å²) >= 11 is -4.35. The van der Waals surface area contributed by atoms with Crippen molar-refractivity contribution in [3.05, 3.63) is 24.3 Å². The number of rotatable bonds is 21. The van der Waals surface area contributed by atoms with E-state index in [4.69, 9.17) is 3.32 Å². The molecule has 0 aromatic carbocycles. The molecule has 1 unspecified atom stereocenters. The normalized spacial score (nSPS) is 12.5. The summed E-state index contributed by atoms with van der Waals surface area (Å²) in [6.45, 7) is 18.4. The van der Waals surface area contributed by atoms with Gasteiger partial charge in [0.05, 0.1) is 0 Å². The molecule has 0 amide bonds. The minimum atomic E-state index is -4.35. The van der Waals surface area contributed by atoms with E-state index in [1.807, 2.05) is 13.8 Å². The SMILES string of the molecule is C=C(C)C(=O)C(C(=O)[O][Ti](=[O])[OH])(C(=O)C(=C)C)C(CCCCCCCCCCCCC(C)C)C(C)C. The van der Waals surface area contributed by atoms with Crippen LogP contribution in [-0.4, -0.2) is 21.2 Å². The Labute approximate surface area is 226 Å². The van der Waals surface area contributed by atoms with Gasteiger partial charge in [0.15, 0.2) is 0 Å². The van der Waals surface area contributed by atoms with Crippen LogP contribution in [0.25, 0.3) is 0 Å². The zero-order chi connectivity index (χ0) is 27.9. The molecule has 0 aliphatic carbocycles. The molecule has 0 saturated heterocycles. The zero-order valence-corrected chi connectivity index (χ0v) is 25.2. The zero-order valence-electron chi connectivity index (χ0n) is 23.6. The van der Waals surface area contributed by atoms with Gasteiger partial charge < -0.3 is 0 Å². The summed E-state index contributed by atoms with van der Waals surface area (Å²) in [7, 11) is 0. The second-order valence-electron chi connectivity index (χ2n) is 11.0. The van der Waals surface area contributed by atoms with E-state index in [2.05, 4.69) is 27.0 Å². The number of carbonyl (C=O) groups is 3. The number of unbranched alkanes of at least 4 members (excludes halogenated alkanes) is 9. The summed E-state index contributed by atoms with van der Waals surface area (Å²) in [5, 5.41) is 0. The van der Waals surface area contributed by atoms with E-state index in [-0.39, 0.29) is 17.1 Å². The van der Waals surface area contributed by atoms with Crippen molar-refractivity contribution < 1.29 is 43.3 Å². The monoisotopic (exact) mass is 542 g/mol. The second kappa shape index (κ2) is 18.1. The van der Waals surface area contributed by atoms with Gasteiger partial charge in [-0.15, -0.1) is 0 Å². The first kappa shape index (κ1) is 34.8. The van der Waals surface area contributed by atoms with Crippen molar-refractivity contribution in [1.29, 1.82) is 0 Å². The Bertz CT molecular complexity index is 742. The molecular formula is C29H50O6Ti. The van der Waals surface area contributed by atoms with Gasteiger partial charge in [-0.3, -0.25) is 0 Å². The van der Waals surface area contributed by atoms with Crippen molar-refractivity contribution in [1.82, 2.24) is 0 Å². The first-order chi connectivity index (χ1) is 16.8. The molecule has 0 saturated carbocycles. The first-order valence-electron chi connectivity index (χ1n) is 13.7. The average Bonchev–Trinajstić information content (AvgIpc) is 2.77. The second-order valence-corrected chi connectivity index (χ2v) is 12.2. The molecule has 0 fully saturated rings. The predicted molar refractivity (Wildman–Crippen MR) is 140 cm³/mol. The molecule has 0 aromatic heterocycles. The molecule has 0 rings (SSSR count). The van der Waals surface area contributed by atoms with E-state index >= 15 is 0 Å². The van der Waals surface area contributed by atoms with E-state index in [9.17, 15) is 21.4 Å². The molecule has 0 aliphatic heterocycles. The molecule has 0 heterocycles. The van der Waals surface area contributed by atoms with Crippen LogP contribution in [0.1, 0.15) is 119 Å². The van der Waals surface area contributed by atoms with Gasteiger partial charge in [0.1, 0.15) is 0 Å². The van der Waals surface area contributed by atoms with Crippen LogP contribution in [0.4, 0.5) is 0 Å². The summed E-state index contributed by atoms with van der Waals surface area (Å²) in [4.78, 5) is 40.0. The van der Waals surface area contributed by atoms with Crippen molar-refractivity contribution >= 4 is 17.5 Å². The third-order valence-electron chi connectivity index (χ3n) is 6.90. The van der Waals surface area contributed by atoms with Crippen LogP contribution in [0, 0.1) is 23.2 Å². The van der Waals surface area contributed by atoms with Crippen LogP contribution in [-0.2, 0) is 39.6 Å². The molecule has 0 aromatic rings. The van der Waals surface area contributed by atoms with Gasteiger partial charge in [-0.2, -0.15) is 0 Å². The molecule has 1 N–H and O–H groups in total. The molecule has 6 nitrogen and oxygen atoms in total. The van der Waals surface area contributed by atoms with E-state index in [0.29, 0.717) is 6.42 Å². The van der Waals surface area contributed by atoms with Gasteiger partial charge in [0.2, 0.25) is 0 Å². The molecule has 0 spiro atoms. The first-order valence-corrected chi connectivity index (χ1v) is 15.6. The van der Waals surface area contributed by atoms with Gasteiger partial charge in [-0.25, -0.2) is 0 Å². The Morgan fingerprint density at radius 3 is 1.42 bits per heavy atom. The van der Waals surface area contributed by atoms with E-state index in [1.54, 1.807) is 0 Å². The Balaban J connectivity index is 5.19. The minimum absolute atomic E-state index is 0.0294. The fraction of sp³-hybridized carbons (Fsp3) is 0.759. The molecule has 36 heavy (non-hydrogen) atoms. The van der Waals surface area contributed by atoms with Crippen LogP contribution >= 0.6 is 0 Å².